The summed E-state index contributed by atoms with van der Waals surface area (Å²) in [6.07, 6.45) is 0. The van der Waals surface area contributed by atoms with E-state index in [0.717, 1.165) is 11.1 Å². The highest BCUT2D eigenvalue weighted by atomic mass is 32.2. The summed E-state index contributed by atoms with van der Waals surface area (Å²) in [5.74, 6) is 0. The largest absolute Gasteiger partial charge is 0.241 e. The van der Waals surface area contributed by atoms with Crippen molar-refractivity contribution in [2.75, 3.05) is 0 Å². The van der Waals surface area contributed by atoms with E-state index in [4.69, 9.17) is 0 Å². The monoisotopic (exact) mass is 275 g/mol. The molecule has 0 aliphatic heterocycles. The Labute approximate surface area is 114 Å². The van der Waals surface area contributed by atoms with Gasteiger partial charge in [0.05, 0.1) is 4.90 Å². The van der Waals surface area contributed by atoms with Crippen LogP contribution >= 0.6 is 0 Å². The summed E-state index contributed by atoms with van der Waals surface area (Å²) in [5.41, 5.74) is 1.69. The van der Waals surface area contributed by atoms with Gasteiger partial charge < -0.3 is 0 Å². The van der Waals surface area contributed by atoms with Gasteiger partial charge >= 0.3 is 0 Å². The van der Waals surface area contributed by atoms with E-state index in [0.29, 0.717) is 4.90 Å². The van der Waals surface area contributed by atoms with Crippen LogP contribution in [0.1, 0.15) is 24.1 Å². The summed E-state index contributed by atoms with van der Waals surface area (Å²) in [6, 6.07) is 16.2. The predicted octanol–water partition coefficient (Wildman–Crippen LogP) is 3.03. The van der Waals surface area contributed by atoms with Gasteiger partial charge in [0.2, 0.25) is 10.0 Å². The minimum atomic E-state index is -3.49. The first-order valence-corrected chi connectivity index (χ1v) is 7.62. The number of hydrogen-bond acceptors (Lipinski definition) is 2. The highest BCUT2D eigenvalue weighted by molar-refractivity contribution is 7.89. The van der Waals surface area contributed by atoms with Crippen molar-refractivity contribution in [1.82, 2.24) is 4.72 Å². The summed E-state index contributed by atoms with van der Waals surface area (Å²) in [6.45, 7) is 3.63. The number of benzene rings is 2. The molecule has 2 aromatic rings. The Morgan fingerprint density at radius 2 is 1.53 bits per heavy atom. The molecule has 0 saturated carbocycles. The van der Waals surface area contributed by atoms with Gasteiger partial charge in [0.25, 0.3) is 0 Å². The summed E-state index contributed by atoms with van der Waals surface area (Å²) in [5, 5.41) is 0. The van der Waals surface area contributed by atoms with Crippen molar-refractivity contribution in [2.45, 2.75) is 24.8 Å². The zero-order valence-electron chi connectivity index (χ0n) is 11.0. The van der Waals surface area contributed by atoms with Gasteiger partial charge in [0.15, 0.2) is 0 Å². The van der Waals surface area contributed by atoms with Gasteiger partial charge in [0.1, 0.15) is 0 Å². The Bertz CT molecular complexity index is 651. The van der Waals surface area contributed by atoms with E-state index >= 15 is 0 Å². The summed E-state index contributed by atoms with van der Waals surface area (Å²) in [7, 11) is -3.49. The molecule has 4 heteroatoms. The molecule has 0 bridgehead atoms. The van der Waals surface area contributed by atoms with Gasteiger partial charge in [-0.2, -0.15) is 0 Å². The normalized spacial score (nSPS) is 13.2. The van der Waals surface area contributed by atoms with Crippen molar-refractivity contribution < 1.29 is 8.42 Å². The van der Waals surface area contributed by atoms with Crippen LogP contribution in [0.15, 0.2) is 59.5 Å². The van der Waals surface area contributed by atoms with Crippen LogP contribution in [-0.2, 0) is 10.0 Å². The van der Waals surface area contributed by atoms with Crippen LogP contribution < -0.4 is 4.72 Å². The molecule has 1 N–H and O–H groups in total. The van der Waals surface area contributed by atoms with Crippen LogP contribution in [0.3, 0.4) is 0 Å². The molecular weight excluding hydrogens is 258 g/mol. The molecule has 100 valence electrons. The predicted molar refractivity (Wildman–Crippen MR) is 76.4 cm³/mol. The van der Waals surface area contributed by atoms with E-state index in [-0.39, 0.29) is 6.04 Å². The van der Waals surface area contributed by atoms with Crippen LogP contribution in [0, 0.1) is 6.92 Å². The second-order valence-corrected chi connectivity index (χ2v) is 6.20. The zero-order valence-corrected chi connectivity index (χ0v) is 11.8. The maximum Gasteiger partial charge on any atom is 0.241 e. The van der Waals surface area contributed by atoms with Crippen molar-refractivity contribution in [1.29, 1.82) is 0 Å². The molecule has 0 aromatic heterocycles. The lowest BCUT2D eigenvalue weighted by Crippen LogP contribution is -2.27. The molecule has 0 aliphatic carbocycles. The maximum atomic E-state index is 12.3. The Balaban J connectivity index is 2.26. The van der Waals surface area contributed by atoms with Gasteiger partial charge in [0, 0.05) is 6.04 Å². The van der Waals surface area contributed by atoms with Crippen LogP contribution in [0.4, 0.5) is 0 Å². The fourth-order valence-corrected chi connectivity index (χ4v) is 3.44. The van der Waals surface area contributed by atoms with E-state index in [2.05, 4.69) is 4.72 Å². The molecule has 0 heterocycles. The minimum Gasteiger partial charge on any atom is -0.207 e. The van der Waals surface area contributed by atoms with Crippen molar-refractivity contribution in [3.8, 4) is 0 Å². The Hall–Kier alpha value is -1.65. The smallest absolute Gasteiger partial charge is 0.207 e. The quantitative estimate of drug-likeness (QED) is 0.932. The van der Waals surface area contributed by atoms with Crippen molar-refractivity contribution in [3.05, 3.63) is 65.7 Å². The van der Waals surface area contributed by atoms with Crippen LogP contribution in [-0.4, -0.2) is 8.42 Å². The van der Waals surface area contributed by atoms with E-state index in [1.54, 1.807) is 25.1 Å². The van der Waals surface area contributed by atoms with E-state index < -0.39 is 10.0 Å². The number of hydrogen-bond donors (Lipinski definition) is 1. The van der Waals surface area contributed by atoms with Gasteiger partial charge in [-0.3, -0.25) is 0 Å². The molecule has 3 nitrogen and oxygen atoms in total. The number of aryl methyl sites for hydroxylation is 1. The fraction of sp³-hybridized carbons (Fsp3) is 0.200. The molecule has 0 fully saturated rings. The van der Waals surface area contributed by atoms with E-state index in [9.17, 15) is 8.42 Å². The molecule has 2 rings (SSSR count). The fourth-order valence-electron chi connectivity index (χ4n) is 1.96. The number of sulfonamides is 1. The molecule has 0 unspecified atom stereocenters. The summed E-state index contributed by atoms with van der Waals surface area (Å²) < 4.78 is 27.4. The van der Waals surface area contributed by atoms with Crippen molar-refractivity contribution in [2.24, 2.45) is 0 Å². The molecular formula is C15H17NO2S. The highest BCUT2D eigenvalue weighted by Gasteiger charge is 2.19. The molecule has 0 radical (unpaired) electrons. The second kappa shape index (κ2) is 5.55. The zero-order chi connectivity index (χ0) is 13.9. The molecule has 2 aromatic carbocycles. The number of rotatable bonds is 4. The Kier molecular flexibility index (Phi) is 4.02. The van der Waals surface area contributed by atoms with Gasteiger partial charge in [-0.15, -0.1) is 0 Å². The van der Waals surface area contributed by atoms with Crippen molar-refractivity contribution >= 4 is 10.0 Å². The molecule has 0 spiro atoms. The first kappa shape index (κ1) is 13.8. The lowest BCUT2D eigenvalue weighted by Gasteiger charge is -2.15. The molecule has 19 heavy (non-hydrogen) atoms. The van der Waals surface area contributed by atoms with Gasteiger partial charge in [-0.1, -0.05) is 48.5 Å². The third-order valence-corrected chi connectivity index (χ3v) is 4.72. The molecule has 0 saturated heterocycles. The average Bonchev–Trinajstić information content (AvgIpc) is 2.39. The summed E-state index contributed by atoms with van der Waals surface area (Å²) in [4.78, 5) is 0.331. The number of nitrogens with one attached hydrogen (secondary N) is 1. The Morgan fingerprint density at radius 3 is 2.16 bits per heavy atom. The first-order chi connectivity index (χ1) is 9.00. The first-order valence-electron chi connectivity index (χ1n) is 6.13. The van der Waals surface area contributed by atoms with Gasteiger partial charge in [-0.25, -0.2) is 13.1 Å². The minimum absolute atomic E-state index is 0.259. The van der Waals surface area contributed by atoms with Crippen LogP contribution in [0.5, 0.6) is 0 Å². The van der Waals surface area contributed by atoms with Crippen LogP contribution in [0.25, 0.3) is 0 Å². The standard InChI is InChI=1S/C15H17NO2S/c1-12-8-6-7-11-15(12)19(17,18)16-13(2)14-9-4-3-5-10-14/h3-11,13,16H,1-2H3/t13-/m1/s1. The SMILES string of the molecule is Cc1ccccc1S(=O)(=O)N[C@H](C)c1ccccc1. The molecule has 0 amide bonds. The third-order valence-electron chi connectivity index (χ3n) is 3.01. The highest BCUT2D eigenvalue weighted by Crippen LogP contribution is 2.18. The summed E-state index contributed by atoms with van der Waals surface area (Å²) >= 11 is 0. The molecule has 0 aliphatic rings. The van der Waals surface area contributed by atoms with E-state index in [1.165, 1.54) is 0 Å². The van der Waals surface area contributed by atoms with Gasteiger partial charge in [-0.05, 0) is 31.0 Å². The molecule has 1 atom stereocenters. The maximum absolute atomic E-state index is 12.3. The lowest BCUT2D eigenvalue weighted by molar-refractivity contribution is 0.566. The Morgan fingerprint density at radius 1 is 0.947 bits per heavy atom. The van der Waals surface area contributed by atoms with Crippen molar-refractivity contribution in [3.63, 3.8) is 0 Å². The van der Waals surface area contributed by atoms with Crippen LogP contribution in [0.2, 0.25) is 0 Å². The lowest BCUT2D eigenvalue weighted by atomic mass is 10.1. The average molecular weight is 275 g/mol. The topological polar surface area (TPSA) is 46.2 Å². The third kappa shape index (κ3) is 3.22. The van der Waals surface area contributed by atoms with E-state index in [1.807, 2.05) is 43.3 Å². The second-order valence-electron chi connectivity index (χ2n) is 4.52.